The molecular formula is C11H12ClN3OS. The van der Waals surface area contributed by atoms with Gasteiger partial charge < -0.3 is 9.67 Å². The van der Waals surface area contributed by atoms with Gasteiger partial charge in [-0.25, -0.2) is 0 Å². The minimum atomic E-state index is -0.513. The van der Waals surface area contributed by atoms with E-state index in [9.17, 15) is 5.11 Å². The third-order valence-electron chi connectivity index (χ3n) is 2.31. The molecule has 1 aromatic carbocycles. The normalized spacial score (nSPS) is 12.7. The molecule has 17 heavy (non-hydrogen) atoms. The number of benzene rings is 1. The van der Waals surface area contributed by atoms with Crippen LogP contribution in [0.25, 0.3) is 0 Å². The molecule has 0 aliphatic carbocycles. The van der Waals surface area contributed by atoms with Crippen LogP contribution in [0.4, 0.5) is 0 Å². The molecule has 2 rings (SSSR count). The van der Waals surface area contributed by atoms with Crippen LogP contribution in [0.2, 0.25) is 5.02 Å². The van der Waals surface area contributed by atoms with Crippen molar-refractivity contribution in [2.45, 2.75) is 23.1 Å². The zero-order valence-corrected chi connectivity index (χ0v) is 11.0. The van der Waals surface area contributed by atoms with Gasteiger partial charge in [0.25, 0.3) is 0 Å². The topological polar surface area (TPSA) is 50.9 Å². The van der Waals surface area contributed by atoms with Crippen molar-refractivity contribution in [3.63, 3.8) is 0 Å². The Labute approximate surface area is 109 Å². The van der Waals surface area contributed by atoms with E-state index < -0.39 is 6.10 Å². The minimum absolute atomic E-state index is 0.513. The van der Waals surface area contributed by atoms with Crippen LogP contribution in [0.5, 0.6) is 0 Å². The number of aromatic nitrogens is 3. The second-order valence-corrected chi connectivity index (χ2v) is 5.11. The van der Waals surface area contributed by atoms with Gasteiger partial charge in [-0.15, -0.1) is 10.2 Å². The summed E-state index contributed by atoms with van der Waals surface area (Å²) < 4.78 is 1.82. The molecule has 1 heterocycles. The van der Waals surface area contributed by atoms with Crippen LogP contribution in [0.3, 0.4) is 0 Å². The maximum Gasteiger partial charge on any atom is 0.195 e. The van der Waals surface area contributed by atoms with Crippen LogP contribution >= 0.6 is 23.4 Å². The molecule has 1 aromatic heterocycles. The summed E-state index contributed by atoms with van der Waals surface area (Å²) in [6.45, 7) is 1.71. The van der Waals surface area contributed by atoms with Crippen LogP contribution in [0.15, 0.2) is 34.6 Å². The van der Waals surface area contributed by atoms with Crippen molar-refractivity contribution in [1.29, 1.82) is 0 Å². The fourth-order valence-electron chi connectivity index (χ4n) is 1.32. The molecule has 0 spiro atoms. The van der Waals surface area contributed by atoms with E-state index in [-0.39, 0.29) is 0 Å². The van der Waals surface area contributed by atoms with Crippen molar-refractivity contribution in [3.8, 4) is 0 Å². The molecule has 0 unspecified atom stereocenters. The van der Waals surface area contributed by atoms with E-state index in [2.05, 4.69) is 10.2 Å². The molecule has 0 saturated heterocycles. The van der Waals surface area contributed by atoms with Crippen LogP contribution in [0.1, 0.15) is 18.6 Å². The lowest BCUT2D eigenvalue weighted by molar-refractivity contribution is 0.199. The zero-order valence-electron chi connectivity index (χ0n) is 9.46. The molecule has 4 nitrogen and oxygen atoms in total. The van der Waals surface area contributed by atoms with E-state index in [1.807, 2.05) is 23.7 Å². The number of nitrogens with zero attached hydrogens (tertiary/aromatic N) is 3. The van der Waals surface area contributed by atoms with Crippen LogP contribution in [0, 0.1) is 0 Å². The number of rotatable bonds is 3. The number of aryl methyl sites for hydroxylation is 1. The monoisotopic (exact) mass is 269 g/mol. The second kappa shape index (κ2) is 5.08. The molecule has 2 aromatic rings. The van der Waals surface area contributed by atoms with E-state index >= 15 is 0 Å². The highest BCUT2D eigenvalue weighted by molar-refractivity contribution is 7.99. The van der Waals surface area contributed by atoms with E-state index in [4.69, 9.17) is 11.6 Å². The van der Waals surface area contributed by atoms with Crippen molar-refractivity contribution in [2.24, 2.45) is 7.05 Å². The van der Waals surface area contributed by atoms with Gasteiger partial charge in [-0.3, -0.25) is 0 Å². The standard InChI is InChI=1S/C11H12ClN3OS/c1-7(16)8-3-4-10(9(12)5-8)17-11-14-13-6-15(11)2/h3-7,16H,1-2H3/t7-/m1/s1. The summed E-state index contributed by atoms with van der Waals surface area (Å²) in [5, 5.41) is 18.6. The highest BCUT2D eigenvalue weighted by Gasteiger charge is 2.09. The van der Waals surface area contributed by atoms with Gasteiger partial charge >= 0.3 is 0 Å². The Kier molecular flexibility index (Phi) is 3.71. The minimum Gasteiger partial charge on any atom is -0.389 e. The van der Waals surface area contributed by atoms with Gasteiger partial charge in [-0.05, 0) is 36.4 Å². The van der Waals surface area contributed by atoms with Crippen molar-refractivity contribution < 1.29 is 5.11 Å². The lowest BCUT2D eigenvalue weighted by Crippen LogP contribution is -1.92. The fourth-order valence-corrected chi connectivity index (χ4v) is 2.40. The Balaban J connectivity index is 2.26. The Morgan fingerprint density at radius 3 is 2.76 bits per heavy atom. The molecule has 0 saturated carbocycles. The average Bonchev–Trinajstić information content (AvgIpc) is 2.67. The number of hydrogen-bond acceptors (Lipinski definition) is 4. The number of hydrogen-bond donors (Lipinski definition) is 1. The predicted octanol–water partition coefficient (Wildman–Crippen LogP) is 2.67. The van der Waals surface area contributed by atoms with Gasteiger partial charge in [0.2, 0.25) is 0 Å². The van der Waals surface area contributed by atoms with Gasteiger partial charge in [-0.1, -0.05) is 17.7 Å². The first-order chi connectivity index (χ1) is 8.08. The Morgan fingerprint density at radius 1 is 1.47 bits per heavy atom. The highest BCUT2D eigenvalue weighted by atomic mass is 35.5. The Morgan fingerprint density at radius 2 is 2.24 bits per heavy atom. The molecule has 0 radical (unpaired) electrons. The molecular weight excluding hydrogens is 258 g/mol. The number of halogens is 1. The smallest absolute Gasteiger partial charge is 0.195 e. The zero-order chi connectivity index (χ0) is 12.4. The van der Waals surface area contributed by atoms with Gasteiger partial charge in [0.05, 0.1) is 11.1 Å². The van der Waals surface area contributed by atoms with Gasteiger partial charge in [0.15, 0.2) is 5.16 Å². The van der Waals surface area contributed by atoms with Gasteiger partial charge in [0, 0.05) is 11.9 Å². The Bertz CT molecular complexity index is 527. The predicted molar refractivity (Wildman–Crippen MR) is 67.2 cm³/mol. The summed E-state index contributed by atoms with van der Waals surface area (Å²) >= 11 is 7.60. The number of aliphatic hydroxyl groups excluding tert-OH is 1. The van der Waals surface area contributed by atoms with E-state index in [0.29, 0.717) is 5.02 Å². The summed E-state index contributed by atoms with van der Waals surface area (Å²) in [4.78, 5) is 0.896. The lowest BCUT2D eigenvalue weighted by atomic mass is 10.1. The molecule has 0 fully saturated rings. The summed E-state index contributed by atoms with van der Waals surface area (Å²) in [5.41, 5.74) is 0.803. The molecule has 90 valence electrons. The summed E-state index contributed by atoms with van der Waals surface area (Å²) in [6.07, 6.45) is 1.13. The third kappa shape index (κ3) is 2.80. The molecule has 6 heteroatoms. The maximum absolute atomic E-state index is 9.45. The summed E-state index contributed by atoms with van der Waals surface area (Å²) in [6, 6.07) is 5.50. The van der Waals surface area contributed by atoms with Gasteiger partial charge in [0.1, 0.15) is 6.33 Å². The van der Waals surface area contributed by atoms with Crippen LogP contribution in [-0.2, 0) is 7.05 Å². The van der Waals surface area contributed by atoms with Gasteiger partial charge in [-0.2, -0.15) is 0 Å². The molecule has 1 N–H and O–H groups in total. The molecule has 0 aliphatic heterocycles. The lowest BCUT2D eigenvalue weighted by Gasteiger charge is -2.08. The molecule has 0 amide bonds. The first-order valence-electron chi connectivity index (χ1n) is 5.07. The SMILES string of the molecule is C[C@@H](O)c1ccc(Sc2nncn2C)c(Cl)c1. The first-order valence-corrected chi connectivity index (χ1v) is 6.26. The summed E-state index contributed by atoms with van der Waals surface area (Å²) in [7, 11) is 1.88. The van der Waals surface area contributed by atoms with E-state index in [1.165, 1.54) is 11.8 Å². The molecule has 0 bridgehead atoms. The van der Waals surface area contributed by atoms with Crippen molar-refractivity contribution in [2.75, 3.05) is 0 Å². The largest absolute Gasteiger partial charge is 0.389 e. The molecule has 0 aliphatic rings. The third-order valence-corrected chi connectivity index (χ3v) is 3.86. The Hall–Kier alpha value is -1.04. The quantitative estimate of drug-likeness (QED) is 0.931. The van der Waals surface area contributed by atoms with Crippen molar-refractivity contribution in [3.05, 3.63) is 35.1 Å². The fraction of sp³-hybridized carbons (Fsp3) is 0.273. The van der Waals surface area contributed by atoms with E-state index in [0.717, 1.165) is 15.6 Å². The van der Waals surface area contributed by atoms with Crippen LogP contribution < -0.4 is 0 Å². The maximum atomic E-state index is 9.45. The van der Waals surface area contributed by atoms with Crippen molar-refractivity contribution >= 4 is 23.4 Å². The highest BCUT2D eigenvalue weighted by Crippen LogP contribution is 2.33. The first kappa shape index (κ1) is 12.4. The van der Waals surface area contributed by atoms with E-state index in [1.54, 1.807) is 19.3 Å². The van der Waals surface area contributed by atoms with Crippen LogP contribution in [-0.4, -0.2) is 19.9 Å². The molecule has 1 atom stereocenters. The average molecular weight is 270 g/mol. The number of aliphatic hydroxyl groups is 1. The summed E-state index contributed by atoms with van der Waals surface area (Å²) in [5.74, 6) is 0. The van der Waals surface area contributed by atoms with Crippen molar-refractivity contribution in [1.82, 2.24) is 14.8 Å². The second-order valence-electron chi connectivity index (χ2n) is 3.69.